The van der Waals surface area contributed by atoms with Gasteiger partial charge in [0.1, 0.15) is 0 Å². The van der Waals surface area contributed by atoms with Crippen LogP contribution < -0.4 is 52.6 Å². The molecule has 0 unspecified atom stereocenters. The van der Waals surface area contributed by atoms with Gasteiger partial charge in [0.2, 0.25) is 0 Å². The molecule has 2 aliphatic heterocycles. The van der Waals surface area contributed by atoms with Crippen molar-refractivity contribution in [1.82, 2.24) is 0 Å². The van der Waals surface area contributed by atoms with Crippen LogP contribution in [0.15, 0.2) is 206 Å². The van der Waals surface area contributed by atoms with Crippen molar-refractivity contribution < 1.29 is 9.13 Å². The summed E-state index contributed by atoms with van der Waals surface area (Å²) in [6.07, 6.45) is 0. The van der Waals surface area contributed by atoms with E-state index >= 15 is 9.13 Å². The highest BCUT2D eigenvalue weighted by Crippen LogP contribution is 2.46. The molecule has 8 aromatic rings. The molecule has 2 aliphatic rings. The number of benzene rings is 8. The van der Waals surface area contributed by atoms with Crippen LogP contribution >= 0.6 is 14.3 Å². The Hall–Kier alpha value is -5.56. The van der Waals surface area contributed by atoms with Gasteiger partial charge in [0.15, 0.2) is 22.4 Å². The van der Waals surface area contributed by atoms with Crippen molar-refractivity contribution >= 4 is 74.9 Å². The number of fused-ring (bicyclic) bond motifs is 10. The molecule has 0 amide bonds. The number of rotatable bonds is 6. The Balaban J connectivity index is 1.30. The summed E-state index contributed by atoms with van der Waals surface area (Å²) in [6, 6.07) is 70.6. The average Bonchev–Trinajstić information content (AvgIpc) is 3.71. The fraction of sp³-hybridized carbons (Fsp3) is 0. The van der Waals surface area contributed by atoms with Crippen LogP contribution in [0.25, 0.3) is 22.3 Å². The van der Waals surface area contributed by atoms with E-state index in [9.17, 15) is 0 Å². The van der Waals surface area contributed by atoms with E-state index in [4.69, 9.17) is 0 Å². The topological polar surface area (TPSA) is 34.1 Å². The van der Waals surface area contributed by atoms with E-state index in [0.29, 0.717) is 0 Å². The SMILES string of the molecule is O=P(c1ccccc1)(c1ccccc1)c1ccc2c(c1)[Si]1(c3ccccc3-c3ccccc31)c1cc(P(=O)(c3ccccc3)c3ccccc3)ccc1-2. The second kappa shape index (κ2) is 12.3. The van der Waals surface area contributed by atoms with E-state index in [-0.39, 0.29) is 0 Å². The van der Waals surface area contributed by atoms with Gasteiger partial charge in [0, 0.05) is 31.8 Å². The lowest BCUT2D eigenvalue weighted by molar-refractivity contribution is 0.591. The zero-order valence-electron chi connectivity index (χ0n) is 28.8. The second-order valence-electron chi connectivity index (χ2n) is 13.9. The molecule has 0 aliphatic carbocycles. The molecule has 2 nitrogen and oxygen atoms in total. The minimum Gasteiger partial charge on any atom is -0.309 e. The molecule has 10 rings (SSSR count). The monoisotopic (exact) mass is 732 g/mol. The average molecular weight is 733 g/mol. The Morgan fingerprint density at radius 1 is 0.264 bits per heavy atom. The van der Waals surface area contributed by atoms with Crippen LogP contribution in [0.4, 0.5) is 0 Å². The van der Waals surface area contributed by atoms with Gasteiger partial charge >= 0.3 is 0 Å². The summed E-state index contributed by atoms with van der Waals surface area (Å²) >= 11 is 0. The molecule has 53 heavy (non-hydrogen) atoms. The molecule has 0 atom stereocenters. The predicted molar refractivity (Wildman–Crippen MR) is 227 cm³/mol. The van der Waals surface area contributed by atoms with E-state index < -0.39 is 22.4 Å². The van der Waals surface area contributed by atoms with Gasteiger partial charge in [-0.1, -0.05) is 194 Å². The van der Waals surface area contributed by atoms with E-state index in [2.05, 4.69) is 84.9 Å². The molecule has 0 fully saturated rings. The summed E-state index contributed by atoms with van der Waals surface area (Å²) in [6.45, 7) is 0. The molecule has 252 valence electrons. The van der Waals surface area contributed by atoms with Crippen LogP contribution in [-0.4, -0.2) is 8.07 Å². The van der Waals surface area contributed by atoms with Gasteiger partial charge in [-0.3, -0.25) is 0 Å². The molecule has 0 aromatic heterocycles. The molecule has 1 spiro atoms. The molecule has 8 aromatic carbocycles. The zero-order chi connectivity index (χ0) is 35.6. The summed E-state index contributed by atoms with van der Waals surface area (Å²) in [4.78, 5) is 0. The highest BCUT2D eigenvalue weighted by atomic mass is 31.2. The minimum absolute atomic E-state index is 0.818. The van der Waals surface area contributed by atoms with Crippen molar-refractivity contribution in [2.45, 2.75) is 0 Å². The summed E-state index contributed by atoms with van der Waals surface area (Å²) in [7, 11) is -9.55. The van der Waals surface area contributed by atoms with E-state index in [0.717, 1.165) is 43.0 Å². The van der Waals surface area contributed by atoms with E-state index in [1.54, 1.807) is 0 Å². The van der Waals surface area contributed by atoms with E-state index in [1.807, 2.05) is 121 Å². The van der Waals surface area contributed by atoms with Gasteiger partial charge in [0.25, 0.3) is 0 Å². The van der Waals surface area contributed by atoms with Crippen molar-refractivity contribution in [3.63, 3.8) is 0 Å². The summed E-state index contributed by atoms with van der Waals surface area (Å²) in [5, 5.41) is 10.0. The lowest BCUT2D eigenvalue weighted by Crippen LogP contribution is -2.71. The second-order valence-corrected chi connectivity index (χ2v) is 23.1. The van der Waals surface area contributed by atoms with Crippen LogP contribution in [0.5, 0.6) is 0 Å². The van der Waals surface area contributed by atoms with E-state index in [1.165, 1.54) is 31.9 Å². The Morgan fingerprint density at radius 2 is 0.547 bits per heavy atom. The first-order valence-corrected chi connectivity index (χ1v) is 23.4. The van der Waals surface area contributed by atoms with Crippen molar-refractivity contribution in [2.24, 2.45) is 0 Å². The smallest absolute Gasteiger partial charge is 0.182 e. The quantitative estimate of drug-likeness (QED) is 0.149. The fourth-order valence-corrected chi connectivity index (χ4v) is 20.2. The van der Waals surface area contributed by atoms with Gasteiger partial charge < -0.3 is 9.13 Å². The molecule has 2 heterocycles. The van der Waals surface area contributed by atoms with Gasteiger partial charge in [-0.15, -0.1) is 0 Å². The number of hydrogen-bond acceptors (Lipinski definition) is 2. The van der Waals surface area contributed by atoms with Gasteiger partial charge in [-0.25, -0.2) is 0 Å². The molecular formula is C48H34O2P2Si. The molecule has 0 saturated heterocycles. The molecule has 0 bridgehead atoms. The Bertz CT molecular complexity index is 2500. The van der Waals surface area contributed by atoms with Gasteiger partial charge in [-0.2, -0.15) is 0 Å². The van der Waals surface area contributed by atoms with Crippen molar-refractivity contribution in [1.29, 1.82) is 0 Å². The van der Waals surface area contributed by atoms with Crippen LogP contribution in [0.2, 0.25) is 0 Å². The lowest BCUT2D eigenvalue weighted by Gasteiger charge is -2.30. The first kappa shape index (κ1) is 32.1. The normalized spacial score (nSPS) is 13.6. The third-order valence-corrected chi connectivity index (χ3v) is 22.3. The Kier molecular flexibility index (Phi) is 7.43. The molecule has 0 N–H and O–H groups in total. The van der Waals surface area contributed by atoms with Crippen LogP contribution in [-0.2, 0) is 9.13 Å². The first-order chi connectivity index (χ1) is 26.1. The third kappa shape index (κ3) is 4.52. The molecule has 5 heteroatoms. The summed E-state index contributed by atoms with van der Waals surface area (Å²) in [5.41, 5.74) is 4.81. The first-order valence-electron chi connectivity index (χ1n) is 18.0. The molecular weight excluding hydrogens is 699 g/mol. The van der Waals surface area contributed by atoms with Crippen LogP contribution in [0, 0.1) is 0 Å². The van der Waals surface area contributed by atoms with Gasteiger partial charge in [0.05, 0.1) is 0 Å². The third-order valence-electron chi connectivity index (χ3n) is 11.3. The highest BCUT2D eigenvalue weighted by Gasteiger charge is 2.55. The summed E-state index contributed by atoms with van der Waals surface area (Å²) < 4.78 is 31.7. The summed E-state index contributed by atoms with van der Waals surface area (Å²) in [5.74, 6) is 0. The maximum Gasteiger partial charge on any atom is 0.182 e. The van der Waals surface area contributed by atoms with Crippen molar-refractivity contribution in [2.75, 3.05) is 0 Å². The van der Waals surface area contributed by atoms with Crippen LogP contribution in [0.1, 0.15) is 0 Å². The van der Waals surface area contributed by atoms with Crippen LogP contribution in [0.3, 0.4) is 0 Å². The number of hydrogen-bond donors (Lipinski definition) is 0. The van der Waals surface area contributed by atoms with Crippen molar-refractivity contribution in [3.05, 3.63) is 206 Å². The maximum atomic E-state index is 15.9. The predicted octanol–water partition coefficient (Wildman–Crippen LogP) is 6.30. The largest absolute Gasteiger partial charge is 0.309 e. The standard InChI is InChI=1S/C48H34O2P2Si/c49-51(35-17-5-1-6-18-35,36-19-7-2-8-20-36)39-29-31-43-44-32-30-40(52(50,37-21-9-3-10-22-37)38-23-11-4-12-24-38)34-48(44)53(47(43)33-39)45-27-15-13-25-41(45)42-26-14-16-28-46(42)53/h1-34H. The maximum absolute atomic E-state index is 15.9. The molecule has 0 radical (unpaired) electrons. The highest BCUT2D eigenvalue weighted by molar-refractivity contribution is 7.85. The fourth-order valence-electron chi connectivity index (χ4n) is 8.95. The zero-order valence-corrected chi connectivity index (χ0v) is 31.6. The molecule has 0 saturated carbocycles. The lowest BCUT2D eigenvalue weighted by atomic mass is 10.1. The minimum atomic E-state index is -3.27. The van der Waals surface area contributed by atoms with Gasteiger partial charge in [-0.05, 0) is 55.1 Å². The van der Waals surface area contributed by atoms with Crippen molar-refractivity contribution in [3.8, 4) is 22.3 Å². The Morgan fingerprint density at radius 3 is 0.887 bits per heavy atom. The Labute approximate surface area is 311 Å².